The number of aliphatic hydroxyl groups is 1. The lowest BCUT2D eigenvalue weighted by atomic mass is 10.0. The first-order valence-corrected chi connectivity index (χ1v) is 11.1. The Balaban J connectivity index is 1.39. The van der Waals surface area contributed by atoms with Gasteiger partial charge in [-0.15, -0.1) is 5.10 Å². The van der Waals surface area contributed by atoms with Crippen LogP contribution in [0, 0.1) is 0 Å². The smallest absolute Gasteiger partial charge is 0.183 e. The Morgan fingerprint density at radius 1 is 1.12 bits per heavy atom. The summed E-state index contributed by atoms with van der Waals surface area (Å²) in [7, 11) is 0. The van der Waals surface area contributed by atoms with Gasteiger partial charge in [-0.25, -0.2) is 4.98 Å². The lowest BCUT2D eigenvalue weighted by molar-refractivity contribution is 0.136. The van der Waals surface area contributed by atoms with Gasteiger partial charge in [-0.3, -0.25) is 10.00 Å². The molecule has 0 radical (unpaired) electrons. The number of hydrogen-bond acceptors (Lipinski definition) is 7. The van der Waals surface area contributed by atoms with Crippen LogP contribution in [0.25, 0.3) is 22.3 Å². The number of benzene rings is 2. The van der Waals surface area contributed by atoms with Crippen molar-refractivity contribution in [2.45, 2.75) is 12.5 Å². The van der Waals surface area contributed by atoms with Gasteiger partial charge in [-0.05, 0) is 30.2 Å². The highest BCUT2D eigenvalue weighted by Gasteiger charge is 2.28. The summed E-state index contributed by atoms with van der Waals surface area (Å²) in [6.45, 7) is 3.30. The van der Waals surface area contributed by atoms with E-state index < -0.39 is 0 Å². The van der Waals surface area contributed by atoms with Crippen LogP contribution in [0.15, 0.2) is 54.7 Å². The number of anilines is 1. The number of H-pyrrole nitrogens is 1. The average molecular weight is 450 g/mol. The molecule has 2 aromatic carbocycles. The summed E-state index contributed by atoms with van der Waals surface area (Å²) in [6, 6.07) is 16.5. The third-order valence-electron chi connectivity index (χ3n) is 5.95. The molecule has 3 heterocycles. The highest BCUT2D eigenvalue weighted by Crippen LogP contribution is 2.27. The van der Waals surface area contributed by atoms with E-state index in [0.717, 1.165) is 48.3 Å². The molecule has 0 unspecified atom stereocenters. The van der Waals surface area contributed by atoms with Gasteiger partial charge in [0.2, 0.25) is 0 Å². The van der Waals surface area contributed by atoms with Crippen LogP contribution < -0.4 is 4.90 Å². The van der Waals surface area contributed by atoms with Crippen molar-refractivity contribution in [3.63, 3.8) is 0 Å². The summed E-state index contributed by atoms with van der Waals surface area (Å²) < 4.78 is 0. The minimum absolute atomic E-state index is 0.156. The van der Waals surface area contributed by atoms with Crippen molar-refractivity contribution in [2.24, 2.45) is 0 Å². The predicted molar refractivity (Wildman–Crippen MR) is 125 cm³/mol. The third-order valence-corrected chi connectivity index (χ3v) is 6.24. The number of aliphatic hydroxyl groups excluding tert-OH is 1. The third kappa shape index (κ3) is 4.29. The van der Waals surface area contributed by atoms with Gasteiger partial charge >= 0.3 is 0 Å². The van der Waals surface area contributed by atoms with E-state index in [0.29, 0.717) is 17.5 Å². The summed E-state index contributed by atoms with van der Waals surface area (Å²) in [5.41, 5.74) is 3.00. The van der Waals surface area contributed by atoms with Gasteiger partial charge in [-0.1, -0.05) is 41.9 Å². The summed E-state index contributed by atoms with van der Waals surface area (Å²) >= 11 is 6.18. The Kier molecular flexibility index (Phi) is 5.98. The molecule has 164 valence electrons. The Bertz CT molecular complexity index is 1200. The molecule has 0 amide bonds. The molecule has 5 rings (SSSR count). The van der Waals surface area contributed by atoms with Gasteiger partial charge < -0.3 is 10.0 Å². The summed E-state index contributed by atoms with van der Waals surface area (Å²) in [5.74, 6) is 1.36. The van der Waals surface area contributed by atoms with E-state index in [9.17, 15) is 5.11 Å². The van der Waals surface area contributed by atoms with Gasteiger partial charge in [0.15, 0.2) is 16.8 Å². The Morgan fingerprint density at radius 3 is 2.84 bits per heavy atom. The molecule has 0 aliphatic carbocycles. The molecule has 4 aromatic rings. The number of aromatic amines is 1. The second kappa shape index (κ2) is 9.20. The van der Waals surface area contributed by atoms with Gasteiger partial charge in [0.05, 0.1) is 18.3 Å². The van der Waals surface area contributed by atoms with Crippen LogP contribution in [-0.2, 0) is 6.42 Å². The van der Waals surface area contributed by atoms with E-state index in [1.165, 1.54) is 5.56 Å². The topological polar surface area (TPSA) is 94.1 Å². The first-order valence-electron chi connectivity index (χ1n) is 10.7. The van der Waals surface area contributed by atoms with E-state index in [4.69, 9.17) is 16.6 Å². The quantitative estimate of drug-likeness (QED) is 0.467. The van der Waals surface area contributed by atoms with Gasteiger partial charge in [0, 0.05) is 43.2 Å². The molecular weight excluding hydrogens is 426 g/mol. The van der Waals surface area contributed by atoms with Crippen molar-refractivity contribution in [3.8, 4) is 11.4 Å². The Morgan fingerprint density at radius 2 is 2.00 bits per heavy atom. The first kappa shape index (κ1) is 20.8. The fraction of sp³-hybridized carbons (Fsp3) is 0.304. The zero-order valence-electron chi connectivity index (χ0n) is 17.5. The van der Waals surface area contributed by atoms with Gasteiger partial charge in [0.25, 0.3) is 0 Å². The van der Waals surface area contributed by atoms with E-state index in [1.807, 2.05) is 24.3 Å². The maximum atomic E-state index is 9.52. The van der Waals surface area contributed by atoms with E-state index in [-0.39, 0.29) is 12.6 Å². The maximum absolute atomic E-state index is 9.52. The number of hydrogen-bond donors (Lipinski definition) is 2. The molecule has 9 heteroatoms. The highest BCUT2D eigenvalue weighted by atomic mass is 35.5. The van der Waals surface area contributed by atoms with Crippen molar-refractivity contribution >= 4 is 28.3 Å². The second-order valence-corrected chi connectivity index (χ2v) is 8.32. The fourth-order valence-electron chi connectivity index (χ4n) is 4.29. The van der Waals surface area contributed by atoms with Crippen LogP contribution in [0.2, 0.25) is 5.15 Å². The molecule has 2 aromatic heterocycles. The molecule has 8 nitrogen and oxygen atoms in total. The number of piperazine rings is 1. The summed E-state index contributed by atoms with van der Waals surface area (Å²) in [6.07, 6.45) is 2.63. The standard InChI is InChI=1S/C23H24ClN7O/c24-22-19-13-17(6-7-20(19)27-28-22)23-26-21(14-25-29-23)31-9-8-30(10-11-32)18(15-31)12-16-4-2-1-3-5-16/h1-7,13-14,18,32H,8-12,15H2,(H,27,28)/t18-/m0/s1. The molecule has 1 saturated heterocycles. The Labute approximate surface area is 190 Å². The number of nitrogens with one attached hydrogen (secondary N) is 1. The largest absolute Gasteiger partial charge is 0.395 e. The van der Waals surface area contributed by atoms with Crippen LogP contribution in [0.4, 0.5) is 5.82 Å². The zero-order chi connectivity index (χ0) is 21.9. The van der Waals surface area contributed by atoms with Gasteiger partial charge in [-0.2, -0.15) is 10.2 Å². The minimum atomic E-state index is 0.156. The number of β-amino-alcohol motifs (C(OH)–C–C–N with tert-alkyl or cyclic N) is 1. The van der Waals surface area contributed by atoms with E-state index >= 15 is 0 Å². The first-order chi connectivity index (χ1) is 15.7. The van der Waals surface area contributed by atoms with Crippen LogP contribution in [0.3, 0.4) is 0 Å². The molecule has 2 N–H and O–H groups in total. The van der Waals surface area contributed by atoms with Crippen molar-refractivity contribution in [2.75, 3.05) is 37.7 Å². The van der Waals surface area contributed by atoms with Crippen molar-refractivity contribution in [1.29, 1.82) is 0 Å². The number of rotatable bonds is 6. The van der Waals surface area contributed by atoms with Gasteiger partial charge in [0.1, 0.15) is 0 Å². The summed E-state index contributed by atoms with van der Waals surface area (Å²) in [5, 5.41) is 26.2. The predicted octanol–water partition coefficient (Wildman–Crippen LogP) is 2.79. The molecule has 0 saturated carbocycles. The lowest BCUT2D eigenvalue weighted by Gasteiger charge is -2.41. The molecule has 0 bridgehead atoms. The molecule has 1 fully saturated rings. The maximum Gasteiger partial charge on any atom is 0.183 e. The minimum Gasteiger partial charge on any atom is -0.395 e. The molecule has 0 spiro atoms. The van der Waals surface area contributed by atoms with Crippen molar-refractivity contribution in [3.05, 3.63) is 65.4 Å². The van der Waals surface area contributed by atoms with Crippen molar-refractivity contribution in [1.82, 2.24) is 30.3 Å². The molecule has 1 atom stereocenters. The zero-order valence-corrected chi connectivity index (χ0v) is 18.3. The lowest BCUT2D eigenvalue weighted by Crippen LogP contribution is -2.55. The molecule has 32 heavy (non-hydrogen) atoms. The van der Waals surface area contributed by atoms with E-state index in [2.05, 4.69) is 54.5 Å². The van der Waals surface area contributed by atoms with Crippen molar-refractivity contribution < 1.29 is 5.11 Å². The highest BCUT2D eigenvalue weighted by molar-refractivity contribution is 6.34. The number of nitrogens with zero attached hydrogens (tertiary/aromatic N) is 6. The number of fused-ring (bicyclic) bond motifs is 1. The number of aromatic nitrogens is 5. The normalized spacial score (nSPS) is 17.2. The van der Waals surface area contributed by atoms with Crippen LogP contribution >= 0.6 is 11.6 Å². The van der Waals surface area contributed by atoms with Crippen LogP contribution in [0.5, 0.6) is 0 Å². The molecular formula is C23H24ClN7O. The Hall–Kier alpha value is -3.07. The second-order valence-electron chi connectivity index (χ2n) is 7.96. The number of halogens is 1. The monoisotopic (exact) mass is 449 g/mol. The average Bonchev–Trinajstić information content (AvgIpc) is 3.21. The summed E-state index contributed by atoms with van der Waals surface area (Å²) in [4.78, 5) is 9.42. The van der Waals surface area contributed by atoms with Crippen LogP contribution in [-0.4, -0.2) is 74.2 Å². The molecule has 1 aliphatic rings. The van der Waals surface area contributed by atoms with Crippen LogP contribution in [0.1, 0.15) is 5.56 Å². The fourth-order valence-corrected chi connectivity index (χ4v) is 4.49. The SMILES string of the molecule is OCCN1CCN(c2cnnc(-c3ccc4[nH]nc(Cl)c4c3)n2)C[C@@H]1Cc1ccccc1. The molecule has 1 aliphatic heterocycles. The van der Waals surface area contributed by atoms with E-state index in [1.54, 1.807) is 6.20 Å².